The number of ether oxygens (including phenoxy) is 1. The maximum Gasteiger partial charge on any atom is 0.240 e. The number of aliphatic hydroxyl groups is 1. The van der Waals surface area contributed by atoms with Gasteiger partial charge in [-0.15, -0.1) is 0 Å². The van der Waals surface area contributed by atoms with E-state index in [-0.39, 0.29) is 5.91 Å². The van der Waals surface area contributed by atoms with Gasteiger partial charge in [0.05, 0.1) is 11.1 Å². The smallest absolute Gasteiger partial charge is 0.240 e. The van der Waals surface area contributed by atoms with E-state index in [0.29, 0.717) is 32.6 Å². The lowest BCUT2D eigenvalue weighted by molar-refractivity contribution is -0.131. The number of hydrogen-bond acceptors (Lipinski definition) is 4. The second-order valence-corrected chi connectivity index (χ2v) is 5.38. The third-order valence-corrected chi connectivity index (χ3v) is 3.95. The molecule has 17 heavy (non-hydrogen) atoms. The second-order valence-electron chi connectivity index (χ2n) is 5.38. The molecule has 0 bridgehead atoms. The molecule has 1 aliphatic carbocycles. The quantitative estimate of drug-likeness (QED) is 0.646. The second kappa shape index (κ2) is 4.92. The molecule has 2 fully saturated rings. The number of hydrogen-bond donors (Lipinski definition) is 3. The largest absolute Gasteiger partial charge is 0.388 e. The molecule has 4 N–H and O–H groups in total. The molecule has 0 spiro atoms. The first-order valence-corrected chi connectivity index (χ1v) is 6.42. The zero-order chi connectivity index (χ0) is 12.4. The van der Waals surface area contributed by atoms with Gasteiger partial charge in [-0.1, -0.05) is 12.8 Å². The lowest BCUT2D eigenvalue weighted by Gasteiger charge is -2.33. The number of carbonyl (C=O) groups excluding carboxylic acids is 1. The van der Waals surface area contributed by atoms with E-state index in [1.165, 1.54) is 0 Å². The van der Waals surface area contributed by atoms with E-state index in [9.17, 15) is 9.90 Å². The van der Waals surface area contributed by atoms with Crippen LogP contribution >= 0.6 is 0 Å². The van der Waals surface area contributed by atoms with Crippen LogP contribution in [0, 0.1) is 0 Å². The van der Waals surface area contributed by atoms with Crippen LogP contribution in [0.4, 0.5) is 0 Å². The minimum atomic E-state index is -0.812. The summed E-state index contributed by atoms with van der Waals surface area (Å²) in [5, 5.41) is 12.9. The van der Waals surface area contributed by atoms with Crippen LogP contribution in [0.1, 0.15) is 38.5 Å². The highest BCUT2D eigenvalue weighted by molar-refractivity contribution is 5.86. The topological polar surface area (TPSA) is 84.6 Å². The van der Waals surface area contributed by atoms with E-state index in [2.05, 4.69) is 5.32 Å². The molecule has 0 aromatic heterocycles. The molecule has 1 amide bonds. The fourth-order valence-corrected chi connectivity index (χ4v) is 2.59. The molecule has 0 aromatic rings. The molecule has 1 aliphatic heterocycles. The number of nitrogens with one attached hydrogen (secondary N) is 1. The summed E-state index contributed by atoms with van der Waals surface area (Å²) >= 11 is 0. The van der Waals surface area contributed by atoms with E-state index in [1.54, 1.807) is 0 Å². The van der Waals surface area contributed by atoms with Crippen molar-refractivity contribution in [3.05, 3.63) is 0 Å². The molecule has 0 radical (unpaired) electrons. The van der Waals surface area contributed by atoms with Crippen molar-refractivity contribution < 1.29 is 14.6 Å². The molecule has 1 heterocycles. The highest BCUT2D eigenvalue weighted by atomic mass is 16.5. The monoisotopic (exact) mass is 242 g/mol. The van der Waals surface area contributed by atoms with Gasteiger partial charge in [0.2, 0.25) is 5.91 Å². The van der Waals surface area contributed by atoms with Crippen molar-refractivity contribution in [1.29, 1.82) is 0 Å². The Morgan fingerprint density at radius 3 is 2.41 bits per heavy atom. The molecule has 5 heteroatoms. The van der Waals surface area contributed by atoms with E-state index in [4.69, 9.17) is 10.5 Å². The molecular formula is C12H22N2O3. The minimum Gasteiger partial charge on any atom is -0.388 e. The van der Waals surface area contributed by atoms with Crippen LogP contribution in [0.3, 0.4) is 0 Å². The summed E-state index contributed by atoms with van der Waals surface area (Å²) in [6.07, 6.45) is 4.72. The average molecular weight is 242 g/mol. The van der Waals surface area contributed by atoms with Gasteiger partial charge in [0, 0.05) is 19.8 Å². The summed E-state index contributed by atoms with van der Waals surface area (Å²) in [6, 6.07) is 0. The predicted molar refractivity (Wildman–Crippen MR) is 63.4 cm³/mol. The highest BCUT2D eigenvalue weighted by Gasteiger charge is 2.38. The van der Waals surface area contributed by atoms with Crippen LogP contribution < -0.4 is 11.1 Å². The number of carbonyl (C=O) groups is 1. The summed E-state index contributed by atoms with van der Waals surface area (Å²) in [5.74, 6) is -0.152. The maximum atomic E-state index is 12.0. The van der Waals surface area contributed by atoms with Crippen LogP contribution in [-0.4, -0.2) is 41.9 Å². The molecule has 0 atom stereocenters. The van der Waals surface area contributed by atoms with Gasteiger partial charge in [-0.2, -0.15) is 0 Å². The minimum absolute atomic E-state index is 0.152. The Kier molecular flexibility index (Phi) is 3.70. The molecule has 0 aromatic carbocycles. The maximum absolute atomic E-state index is 12.0. The average Bonchev–Trinajstić information content (AvgIpc) is 2.75. The van der Waals surface area contributed by atoms with Crippen LogP contribution in [0.25, 0.3) is 0 Å². The zero-order valence-corrected chi connectivity index (χ0v) is 10.2. The Hall–Kier alpha value is -0.650. The van der Waals surface area contributed by atoms with Gasteiger partial charge < -0.3 is 20.9 Å². The molecule has 1 saturated carbocycles. The number of rotatable bonds is 3. The highest BCUT2D eigenvalue weighted by Crippen LogP contribution is 2.29. The Morgan fingerprint density at radius 1 is 1.24 bits per heavy atom. The van der Waals surface area contributed by atoms with E-state index in [1.807, 2.05) is 0 Å². The lowest BCUT2D eigenvalue weighted by Crippen LogP contribution is -2.58. The Labute approximate surface area is 102 Å². The Balaban J connectivity index is 1.84. The standard InChI is InChI=1S/C12H22N2O3/c13-12(5-7-17-8-6-12)10(15)14-9-11(16)3-1-2-4-11/h16H,1-9,13H2,(H,14,15). The number of nitrogens with two attached hydrogens (primary N) is 1. The summed E-state index contributed by atoms with van der Waals surface area (Å²) in [4.78, 5) is 12.0. The first-order chi connectivity index (χ1) is 8.04. The zero-order valence-electron chi connectivity index (χ0n) is 10.2. The van der Waals surface area contributed by atoms with Gasteiger partial charge >= 0.3 is 0 Å². The van der Waals surface area contributed by atoms with Crippen LogP contribution in [0.2, 0.25) is 0 Å². The first-order valence-electron chi connectivity index (χ1n) is 6.42. The predicted octanol–water partition coefficient (Wildman–Crippen LogP) is -0.0844. The van der Waals surface area contributed by atoms with Crippen molar-refractivity contribution in [3.8, 4) is 0 Å². The van der Waals surface area contributed by atoms with Gasteiger partial charge in [-0.05, 0) is 25.7 Å². The van der Waals surface area contributed by atoms with Crippen molar-refractivity contribution in [2.24, 2.45) is 5.73 Å². The van der Waals surface area contributed by atoms with Crippen molar-refractivity contribution >= 4 is 5.91 Å². The fourth-order valence-electron chi connectivity index (χ4n) is 2.59. The molecule has 2 rings (SSSR count). The van der Waals surface area contributed by atoms with Crippen LogP contribution in [0.15, 0.2) is 0 Å². The van der Waals surface area contributed by atoms with E-state index < -0.39 is 11.1 Å². The van der Waals surface area contributed by atoms with Gasteiger partial charge in [0.25, 0.3) is 0 Å². The van der Waals surface area contributed by atoms with Crippen molar-refractivity contribution in [2.45, 2.75) is 49.7 Å². The Bertz CT molecular complexity index is 281. The molecule has 5 nitrogen and oxygen atoms in total. The van der Waals surface area contributed by atoms with Gasteiger partial charge in [-0.25, -0.2) is 0 Å². The van der Waals surface area contributed by atoms with Gasteiger partial charge in [0.15, 0.2) is 0 Å². The molecule has 1 saturated heterocycles. The normalized spacial score (nSPS) is 26.7. The molecular weight excluding hydrogens is 220 g/mol. The van der Waals surface area contributed by atoms with Crippen molar-refractivity contribution in [1.82, 2.24) is 5.32 Å². The first kappa shape index (κ1) is 12.8. The number of amides is 1. The third-order valence-electron chi connectivity index (χ3n) is 3.95. The van der Waals surface area contributed by atoms with E-state index in [0.717, 1.165) is 25.7 Å². The molecule has 0 unspecified atom stereocenters. The molecule has 2 aliphatic rings. The summed E-state index contributed by atoms with van der Waals surface area (Å²) in [6.45, 7) is 1.40. The summed E-state index contributed by atoms with van der Waals surface area (Å²) in [7, 11) is 0. The van der Waals surface area contributed by atoms with Gasteiger partial charge in [0.1, 0.15) is 0 Å². The summed E-state index contributed by atoms with van der Waals surface area (Å²) in [5.41, 5.74) is 4.53. The van der Waals surface area contributed by atoms with Crippen molar-refractivity contribution in [2.75, 3.05) is 19.8 Å². The van der Waals surface area contributed by atoms with Crippen LogP contribution in [0.5, 0.6) is 0 Å². The van der Waals surface area contributed by atoms with Gasteiger partial charge in [-0.3, -0.25) is 4.79 Å². The fraction of sp³-hybridized carbons (Fsp3) is 0.917. The lowest BCUT2D eigenvalue weighted by atomic mass is 9.90. The third kappa shape index (κ3) is 2.97. The van der Waals surface area contributed by atoms with Crippen molar-refractivity contribution in [3.63, 3.8) is 0 Å². The van der Waals surface area contributed by atoms with E-state index >= 15 is 0 Å². The summed E-state index contributed by atoms with van der Waals surface area (Å²) < 4.78 is 5.20. The molecule has 98 valence electrons. The Morgan fingerprint density at radius 2 is 1.82 bits per heavy atom. The van der Waals surface area contributed by atoms with Crippen LogP contribution in [-0.2, 0) is 9.53 Å². The SMILES string of the molecule is NC1(C(=O)NCC2(O)CCCC2)CCOCC1.